The van der Waals surface area contributed by atoms with Crippen LogP contribution >= 0.6 is 0 Å². The number of likely N-dealkylation sites (tertiary alicyclic amines) is 1. The number of piperidine rings is 1. The van der Waals surface area contributed by atoms with E-state index < -0.39 is 0 Å². The molecular weight excluding hydrogens is 348 g/mol. The molecule has 0 radical (unpaired) electrons. The molecule has 0 aliphatic carbocycles. The van der Waals surface area contributed by atoms with Crippen molar-refractivity contribution in [1.29, 1.82) is 0 Å². The van der Waals surface area contributed by atoms with E-state index >= 15 is 0 Å². The molecule has 3 heterocycles. The van der Waals surface area contributed by atoms with Crippen LogP contribution in [0.4, 0.5) is 4.79 Å². The second-order valence-electron chi connectivity index (χ2n) is 6.86. The standard InChI is InChI=1S/C18H24N6O3/c1-12(17-21-15(22-27-17)13-4-8-19-9-5-13)20-16(25)14-6-10-24(11-7-14)18(26)23(2)3/h4-5,8-9,12,14H,6-7,10-11H2,1-3H3,(H,20,25)/t12-/m1/s1. The highest BCUT2D eigenvalue weighted by Crippen LogP contribution is 2.21. The van der Waals surface area contributed by atoms with E-state index in [2.05, 4.69) is 20.4 Å². The Bertz CT molecular complexity index is 783. The van der Waals surface area contributed by atoms with E-state index in [0.29, 0.717) is 37.6 Å². The molecule has 0 unspecified atom stereocenters. The van der Waals surface area contributed by atoms with E-state index in [-0.39, 0.29) is 23.9 Å². The molecule has 2 aromatic rings. The molecule has 9 heteroatoms. The van der Waals surface area contributed by atoms with Gasteiger partial charge >= 0.3 is 6.03 Å². The zero-order valence-corrected chi connectivity index (χ0v) is 15.8. The van der Waals surface area contributed by atoms with Crippen LogP contribution in [0, 0.1) is 5.92 Å². The van der Waals surface area contributed by atoms with Gasteiger partial charge in [0.05, 0.1) is 0 Å². The van der Waals surface area contributed by atoms with Crippen molar-refractivity contribution < 1.29 is 14.1 Å². The Morgan fingerprint density at radius 1 is 1.26 bits per heavy atom. The SMILES string of the molecule is C[C@@H](NC(=O)C1CCN(C(=O)N(C)C)CC1)c1nc(-c2ccncc2)no1. The lowest BCUT2D eigenvalue weighted by Gasteiger charge is -2.33. The van der Waals surface area contributed by atoms with Gasteiger partial charge < -0.3 is 19.6 Å². The van der Waals surface area contributed by atoms with Crippen LogP contribution in [0.1, 0.15) is 31.7 Å². The summed E-state index contributed by atoms with van der Waals surface area (Å²) < 4.78 is 5.29. The third-order valence-corrected chi connectivity index (χ3v) is 4.63. The van der Waals surface area contributed by atoms with Crippen LogP contribution in [-0.4, -0.2) is 64.0 Å². The van der Waals surface area contributed by atoms with Crippen molar-refractivity contribution in [2.24, 2.45) is 5.92 Å². The highest BCUT2D eigenvalue weighted by atomic mass is 16.5. The van der Waals surface area contributed by atoms with Gasteiger partial charge in [0.15, 0.2) is 0 Å². The maximum absolute atomic E-state index is 12.5. The van der Waals surface area contributed by atoms with Crippen LogP contribution in [0.25, 0.3) is 11.4 Å². The summed E-state index contributed by atoms with van der Waals surface area (Å²) in [7, 11) is 3.46. The van der Waals surface area contributed by atoms with Crippen molar-refractivity contribution in [2.45, 2.75) is 25.8 Å². The predicted molar refractivity (Wildman–Crippen MR) is 97.5 cm³/mol. The topological polar surface area (TPSA) is 104 Å². The Balaban J connectivity index is 1.54. The smallest absolute Gasteiger partial charge is 0.319 e. The average Bonchev–Trinajstić information content (AvgIpc) is 3.18. The number of nitrogens with zero attached hydrogens (tertiary/aromatic N) is 5. The second kappa shape index (κ2) is 8.15. The van der Waals surface area contributed by atoms with Gasteiger partial charge in [-0.3, -0.25) is 9.78 Å². The first-order valence-electron chi connectivity index (χ1n) is 8.96. The molecule has 144 valence electrons. The van der Waals surface area contributed by atoms with Crippen molar-refractivity contribution >= 4 is 11.9 Å². The van der Waals surface area contributed by atoms with Crippen molar-refractivity contribution in [2.75, 3.05) is 27.2 Å². The normalized spacial score (nSPS) is 16.0. The van der Waals surface area contributed by atoms with Crippen LogP contribution in [0.15, 0.2) is 29.0 Å². The van der Waals surface area contributed by atoms with Gasteiger partial charge in [-0.1, -0.05) is 5.16 Å². The fourth-order valence-corrected chi connectivity index (χ4v) is 3.04. The van der Waals surface area contributed by atoms with Gasteiger partial charge in [0.25, 0.3) is 0 Å². The Labute approximate surface area is 157 Å². The molecule has 0 spiro atoms. The van der Waals surface area contributed by atoms with E-state index in [4.69, 9.17) is 4.52 Å². The lowest BCUT2D eigenvalue weighted by atomic mass is 9.96. The number of carbonyl (C=O) groups excluding carboxylic acids is 2. The van der Waals surface area contributed by atoms with Crippen molar-refractivity contribution in [3.63, 3.8) is 0 Å². The van der Waals surface area contributed by atoms with Gasteiger partial charge in [-0.2, -0.15) is 4.98 Å². The quantitative estimate of drug-likeness (QED) is 0.876. The number of hydrogen-bond acceptors (Lipinski definition) is 6. The molecule has 1 N–H and O–H groups in total. The van der Waals surface area contributed by atoms with E-state index in [1.807, 2.05) is 6.92 Å². The van der Waals surface area contributed by atoms with Crippen molar-refractivity contribution in [3.8, 4) is 11.4 Å². The summed E-state index contributed by atoms with van der Waals surface area (Å²) in [6.45, 7) is 2.97. The summed E-state index contributed by atoms with van der Waals surface area (Å²) in [5, 5.41) is 6.90. The minimum atomic E-state index is -0.387. The molecule has 9 nitrogen and oxygen atoms in total. The first-order valence-corrected chi connectivity index (χ1v) is 8.96. The van der Waals surface area contributed by atoms with Crippen LogP contribution < -0.4 is 5.32 Å². The molecule has 2 aromatic heterocycles. The van der Waals surface area contributed by atoms with E-state index in [9.17, 15) is 9.59 Å². The Morgan fingerprint density at radius 2 is 1.93 bits per heavy atom. The summed E-state index contributed by atoms with van der Waals surface area (Å²) in [4.78, 5) is 36.2. The number of urea groups is 1. The predicted octanol–water partition coefficient (Wildman–Crippen LogP) is 1.70. The Hall–Kier alpha value is -2.97. The maximum Gasteiger partial charge on any atom is 0.319 e. The zero-order chi connectivity index (χ0) is 19.4. The molecule has 27 heavy (non-hydrogen) atoms. The second-order valence-corrected chi connectivity index (χ2v) is 6.86. The largest absolute Gasteiger partial charge is 0.344 e. The number of nitrogens with one attached hydrogen (secondary N) is 1. The molecule has 1 atom stereocenters. The number of pyridine rings is 1. The Kier molecular flexibility index (Phi) is 5.68. The summed E-state index contributed by atoms with van der Waals surface area (Å²) in [6, 6.07) is 3.18. The van der Waals surface area contributed by atoms with Crippen LogP contribution in [-0.2, 0) is 4.79 Å². The summed E-state index contributed by atoms with van der Waals surface area (Å²) in [5.74, 6) is 0.642. The monoisotopic (exact) mass is 372 g/mol. The number of hydrogen-bond donors (Lipinski definition) is 1. The molecule has 1 fully saturated rings. The highest BCUT2D eigenvalue weighted by molar-refractivity contribution is 5.80. The molecular formula is C18H24N6O3. The van der Waals surface area contributed by atoms with Gasteiger partial charge in [-0.15, -0.1) is 0 Å². The number of rotatable bonds is 4. The fraction of sp³-hybridized carbons (Fsp3) is 0.500. The molecule has 3 amide bonds. The van der Waals surface area contributed by atoms with Gasteiger partial charge in [0.2, 0.25) is 17.6 Å². The third-order valence-electron chi connectivity index (χ3n) is 4.63. The number of amides is 3. The fourth-order valence-electron chi connectivity index (χ4n) is 3.04. The lowest BCUT2D eigenvalue weighted by molar-refractivity contribution is -0.127. The molecule has 0 aromatic carbocycles. The number of aromatic nitrogens is 3. The van der Waals surface area contributed by atoms with Gasteiger partial charge in [-0.05, 0) is 31.9 Å². The van der Waals surface area contributed by atoms with Gasteiger partial charge in [0, 0.05) is 51.1 Å². The van der Waals surface area contributed by atoms with Crippen LogP contribution in [0.2, 0.25) is 0 Å². The summed E-state index contributed by atoms with van der Waals surface area (Å²) >= 11 is 0. The van der Waals surface area contributed by atoms with Crippen molar-refractivity contribution in [3.05, 3.63) is 30.4 Å². The average molecular weight is 372 g/mol. The molecule has 1 saturated heterocycles. The molecule has 0 bridgehead atoms. The van der Waals surface area contributed by atoms with E-state index in [1.54, 1.807) is 48.4 Å². The van der Waals surface area contributed by atoms with E-state index in [1.165, 1.54) is 0 Å². The summed E-state index contributed by atoms with van der Waals surface area (Å²) in [6.07, 6.45) is 4.60. The summed E-state index contributed by atoms with van der Waals surface area (Å²) in [5.41, 5.74) is 0.802. The van der Waals surface area contributed by atoms with Crippen LogP contribution in [0.5, 0.6) is 0 Å². The minimum Gasteiger partial charge on any atom is -0.344 e. The van der Waals surface area contributed by atoms with Crippen molar-refractivity contribution in [1.82, 2.24) is 30.2 Å². The minimum absolute atomic E-state index is 0.0169. The molecule has 1 aliphatic rings. The molecule has 0 saturated carbocycles. The van der Waals surface area contributed by atoms with Crippen LogP contribution in [0.3, 0.4) is 0 Å². The van der Waals surface area contributed by atoms with Gasteiger partial charge in [0.1, 0.15) is 6.04 Å². The van der Waals surface area contributed by atoms with Gasteiger partial charge in [-0.25, -0.2) is 4.79 Å². The first kappa shape index (κ1) is 18.8. The molecule has 1 aliphatic heterocycles. The van der Waals surface area contributed by atoms with E-state index in [0.717, 1.165) is 5.56 Å². The zero-order valence-electron chi connectivity index (χ0n) is 15.8. The number of carbonyl (C=O) groups is 2. The molecule has 3 rings (SSSR count). The maximum atomic E-state index is 12.5. The Morgan fingerprint density at radius 3 is 2.56 bits per heavy atom. The lowest BCUT2D eigenvalue weighted by Crippen LogP contribution is -2.46. The first-order chi connectivity index (χ1) is 13.0. The third kappa shape index (κ3) is 4.42. The highest BCUT2D eigenvalue weighted by Gasteiger charge is 2.29.